The van der Waals surface area contributed by atoms with Crippen LogP contribution in [0.1, 0.15) is 75.9 Å². The number of nitrogens with one attached hydrogen (secondary N) is 1. The van der Waals surface area contributed by atoms with E-state index in [-0.39, 0.29) is 29.4 Å². The van der Waals surface area contributed by atoms with Crippen molar-refractivity contribution in [1.82, 2.24) is 20.4 Å². The largest absolute Gasteiger partial charge is 0.408 e. The average Bonchev–Trinajstić information content (AvgIpc) is 3.08. The third kappa shape index (κ3) is 8.46. The van der Waals surface area contributed by atoms with E-state index in [1.807, 2.05) is 27.9 Å². The predicted molar refractivity (Wildman–Crippen MR) is 115 cm³/mol. The van der Waals surface area contributed by atoms with Crippen LogP contribution in [0, 0.1) is 11.8 Å². The van der Waals surface area contributed by atoms with Crippen LogP contribution >= 0.6 is 11.8 Å². The number of ketones is 1. The molecule has 2 rings (SSSR count). The second kappa shape index (κ2) is 12.3. The first kappa shape index (κ1) is 23.9. The molecule has 0 radical (unpaired) electrons. The fourth-order valence-corrected chi connectivity index (χ4v) is 4.41. The van der Waals surface area contributed by atoms with Gasteiger partial charge in [-0.1, -0.05) is 57.7 Å². The van der Waals surface area contributed by atoms with Gasteiger partial charge in [0.05, 0.1) is 6.04 Å². The summed E-state index contributed by atoms with van der Waals surface area (Å²) < 4.78 is 5.57. The number of amides is 1. The molecule has 1 heterocycles. The third-order valence-corrected chi connectivity index (χ3v) is 6.00. The van der Waals surface area contributed by atoms with Crippen molar-refractivity contribution in [3.8, 4) is 0 Å². The molecule has 1 aromatic heterocycles. The van der Waals surface area contributed by atoms with Gasteiger partial charge in [0, 0.05) is 18.2 Å². The van der Waals surface area contributed by atoms with Crippen LogP contribution < -0.4 is 5.32 Å². The molecule has 8 heteroatoms. The van der Waals surface area contributed by atoms with E-state index < -0.39 is 6.04 Å². The zero-order valence-electron chi connectivity index (χ0n) is 18.3. The molecule has 164 valence electrons. The number of thioether (sulfide) groups is 1. The molecule has 1 aliphatic carbocycles. The van der Waals surface area contributed by atoms with E-state index in [1.54, 1.807) is 0 Å². The molecule has 0 aliphatic heterocycles. The topological polar surface area (TPSA) is 88.3 Å². The molecular weight excluding hydrogens is 388 g/mol. The molecule has 1 amide bonds. The number of nitrogens with zero attached hydrogens (tertiary/aromatic N) is 3. The van der Waals surface area contributed by atoms with Crippen LogP contribution in [0.2, 0.25) is 0 Å². The first-order valence-electron chi connectivity index (χ1n) is 10.8. The summed E-state index contributed by atoms with van der Waals surface area (Å²) in [6, 6.07) is -0.618. The third-order valence-electron chi connectivity index (χ3n) is 5.20. The average molecular weight is 425 g/mol. The standard InChI is InChI=1S/C21H36N4O3S/c1-15(2)14-17(22-19(27)16-10-8-6-5-7-9-11-16)18(26)20-23-24-21(28-20)29-13-12-25(3)4/h15-17H,5-14H2,1-4H3,(H,22,27). The first-order chi connectivity index (χ1) is 13.9. The van der Waals surface area contributed by atoms with Gasteiger partial charge in [-0.05, 0) is 39.3 Å². The maximum absolute atomic E-state index is 13.0. The van der Waals surface area contributed by atoms with Gasteiger partial charge in [-0.25, -0.2) is 0 Å². The van der Waals surface area contributed by atoms with Crippen LogP contribution in [0.4, 0.5) is 0 Å². The molecule has 1 unspecified atom stereocenters. The Morgan fingerprint density at radius 2 is 1.79 bits per heavy atom. The Kier molecular flexibility index (Phi) is 10.1. The summed E-state index contributed by atoms with van der Waals surface area (Å²) in [5.74, 6) is 0.754. The van der Waals surface area contributed by atoms with Gasteiger partial charge in [0.25, 0.3) is 11.1 Å². The van der Waals surface area contributed by atoms with E-state index >= 15 is 0 Å². The van der Waals surface area contributed by atoms with Gasteiger partial charge < -0.3 is 14.6 Å². The fourth-order valence-electron chi connectivity index (χ4n) is 3.54. The van der Waals surface area contributed by atoms with E-state index in [4.69, 9.17) is 4.42 Å². The molecule has 7 nitrogen and oxygen atoms in total. The van der Waals surface area contributed by atoms with E-state index in [2.05, 4.69) is 20.4 Å². The number of hydrogen-bond donors (Lipinski definition) is 1. The van der Waals surface area contributed by atoms with Gasteiger partial charge >= 0.3 is 0 Å². The van der Waals surface area contributed by atoms with Crippen LogP contribution in [0.25, 0.3) is 0 Å². The second-order valence-corrected chi connectivity index (χ2v) is 9.67. The Morgan fingerprint density at radius 1 is 1.14 bits per heavy atom. The van der Waals surface area contributed by atoms with E-state index in [1.165, 1.54) is 31.0 Å². The maximum Gasteiger partial charge on any atom is 0.286 e. The Bertz CT molecular complexity index is 640. The minimum atomic E-state index is -0.618. The molecule has 1 N–H and O–H groups in total. The second-order valence-electron chi connectivity index (χ2n) is 8.62. The lowest BCUT2D eigenvalue weighted by Gasteiger charge is -2.23. The maximum atomic E-state index is 13.0. The van der Waals surface area contributed by atoms with Crippen LogP contribution in [0.3, 0.4) is 0 Å². The van der Waals surface area contributed by atoms with Gasteiger partial charge in [0.2, 0.25) is 11.7 Å². The molecular formula is C21H36N4O3S. The summed E-state index contributed by atoms with van der Waals surface area (Å²) in [5, 5.41) is 11.3. The quantitative estimate of drug-likeness (QED) is 0.451. The SMILES string of the molecule is CC(C)CC(NC(=O)C1CCCCCCC1)C(=O)c1nnc(SCCN(C)C)o1. The minimum Gasteiger partial charge on any atom is -0.408 e. The predicted octanol–water partition coefficient (Wildman–Crippen LogP) is 3.80. The highest BCUT2D eigenvalue weighted by Crippen LogP contribution is 2.23. The summed E-state index contributed by atoms with van der Waals surface area (Å²) in [7, 11) is 4.00. The first-order valence-corrected chi connectivity index (χ1v) is 11.8. The van der Waals surface area contributed by atoms with Gasteiger partial charge in [-0.15, -0.1) is 10.2 Å². The van der Waals surface area contributed by atoms with E-state index in [0.29, 0.717) is 11.6 Å². The molecule has 0 aromatic carbocycles. The molecule has 0 saturated heterocycles. The summed E-state index contributed by atoms with van der Waals surface area (Å²) in [6.45, 7) is 4.96. The number of carbonyl (C=O) groups excluding carboxylic acids is 2. The molecule has 1 saturated carbocycles. The highest BCUT2D eigenvalue weighted by atomic mass is 32.2. The fraction of sp³-hybridized carbons (Fsp3) is 0.810. The smallest absolute Gasteiger partial charge is 0.286 e. The van der Waals surface area contributed by atoms with Crippen molar-refractivity contribution < 1.29 is 14.0 Å². The molecule has 1 aromatic rings. The normalized spacial score (nSPS) is 17.2. The number of hydrogen-bond acceptors (Lipinski definition) is 7. The molecule has 1 fully saturated rings. The van der Waals surface area contributed by atoms with Crippen molar-refractivity contribution in [2.24, 2.45) is 11.8 Å². The number of aromatic nitrogens is 2. The monoisotopic (exact) mass is 424 g/mol. The van der Waals surface area contributed by atoms with Crippen LogP contribution in [-0.4, -0.2) is 59.2 Å². The van der Waals surface area contributed by atoms with Crippen LogP contribution in [0.15, 0.2) is 9.64 Å². The summed E-state index contributed by atoms with van der Waals surface area (Å²) in [5.41, 5.74) is 0. The summed E-state index contributed by atoms with van der Waals surface area (Å²) in [4.78, 5) is 27.9. The zero-order chi connectivity index (χ0) is 21.2. The highest BCUT2D eigenvalue weighted by molar-refractivity contribution is 7.99. The minimum absolute atomic E-state index is 0.00222. The highest BCUT2D eigenvalue weighted by Gasteiger charge is 2.30. The number of carbonyl (C=O) groups is 2. The molecule has 0 spiro atoms. The van der Waals surface area contributed by atoms with Crippen molar-refractivity contribution in [3.63, 3.8) is 0 Å². The van der Waals surface area contributed by atoms with E-state index in [0.717, 1.165) is 38.0 Å². The summed E-state index contributed by atoms with van der Waals surface area (Å²) >= 11 is 1.43. The zero-order valence-corrected chi connectivity index (χ0v) is 19.1. The van der Waals surface area contributed by atoms with Crippen LogP contribution in [-0.2, 0) is 4.79 Å². The van der Waals surface area contributed by atoms with E-state index in [9.17, 15) is 9.59 Å². The lowest BCUT2D eigenvalue weighted by atomic mass is 9.90. The Morgan fingerprint density at radius 3 is 2.41 bits per heavy atom. The lowest BCUT2D eigenvalue weighted by molar-refractivity contribution is -0.126. The number of rotatable bonds is 10. The van der Waals surface area contributed by atoms with Crippen molar-refractivity contribution in [3.05, 3.63) is 5.89 Å². The van der Waals surface area contributed by atoms with Gasteiger partial charge in [0.1, 0.15) is 0 Å². The summed E-state index contributed by atoms with van der Waals surface area (Å²) in [6.07, 6.45) is 8.17. The van der Waals surface area contributed by atoms with Crippen molar-refractivity contribution in [2.45, 2.75) is 76.5 Å². The van der Waals surface area contributed by atoms with Crippen LogP contribution in [0.5, 0.6) is 0 Å². The Balaban J connectivity index is 1.99. The molecule has 1 atom stereocenters. The van der Waals surface area contributed by atoms with Crippen molar-refractivity contribution in [1.29, 1.82) is 0 Å². The molecule has 29 heavy (non-hydrogen) atoms. The van der Waals surface area contributed by atoms with Gasteiger partial charge in [-0.2, -0.15) is 0 Å². The molecule has 1 aliphatic rings. The van der Waals surface area contributed by atoms with Gasteiger partial charge in [0.15, 0.2) is 0 Å². The number of Topliss-reactive ketones (excluding diaryl/α,β-unsaturated/α-hetero) is 1. The lowest BCUT2D eigenvalue weighted by Crippen LogP contribution is -2.44. The molecule has 0 bridgehead atoms. The van der Waals surface area contributed by atoms with Crippen molar-refractivity contribution >= 4 is 23.5 Å². The van der Waals surface area contributed by atoms with Gasteiger partial charge in [-0.3, -0.25) is 9.59 Å². The Hall–Kier alpha value is -1.41. The van der Waals surface area contributed by atoms with Crippen molar-refractivity contribution in [2.75, 3.05) is 26.4 Å². The Labute approximate surface area is 178 Å².